The Bertz CT molecular complexity index is 1190. The van der Waals surface area contributed by atoms with Gasteiger partial charge in [-0.1, -0.05) is 43.1 Å². The molecule has 36 heavy (non-hydrogen) atoms. The summed E-state index contributed by atoms with van der Waals surface area (Å²) in [6, 6.07) is 9.27. The number of hydrogen-bond acceptors (Lipinski definition) is 6. The van der Waals surface area contributed by atoms with E-state index in [0.29, 0.717) is 33.7 Å². The summed E-state index contributed by atoms with van der Waals surface area (Å²) < 4.78 is 41.5. The lowest BCUT2D eigenvalue weighted by Crippen LogP contribution is -2.24. The van der Waals surface area contributed by atoms with E-state index in [0.717, 1.165) is 12.8 Å². The first-order valence-corrected chi connectivity index (χ1v) is 12.2. The molecule has 1 heterocycles. The summed E-state index contributed by atoms with van der Waals surface area (Å²) in [5.41, 5.74) is 6.85. The van der Waals surface area contributed by atoms with E-state index >= 15 is 0 Å². The highest BCUT2D eigenvalue weighted by Crippen LogP contribution is 2.36. The highest BCUT2D eigenvalue weighted by molar-refractivity contribution is 6.35. The lowest BCUT2D eigenvalue weighted by atomic mass is 10.2. The molecule has 1 saturated carbocycles. The Kier molecular flexibility index (Phi) is 9.92. The van der Waals surface area contributed by atoms with E-state index in [1.807, 2.05) is 13.8 Å². The SMILES string of the molecule is CC.NCc1oc(-c2ccc(OC(F)F)c(OCC3CC3)c2)nc1C(=O)NCc1ccc(Cl)cc1Cl. The molecule has 0 aliphatic heterocycles. The number of benzene rings is 2. The van der Waals surface area contributed by atoms with E-state index in [-0.39, 0.29) is 41.9 Å². The zero-order valence-corrected chi connectivity index (χ0v) is 21.3. The van der Waals surface area contributed by atoms with E-state index in [2.05, 4.69) is 15.0 Å². The zero-order valence-electron chi connectivity index (χ0n) is 19.8. The second-order valence-corrected chi connectivity index (χ2v) is 8.55. The van der Waals surface area contributed by atoms with Crippen LogP contribution in [0.5, 0.6) is 11.5 Å². The molecule has 4 rings (SSSR count). The van der Waals surface area contributed by atoms with Crippen molar-refractivity contribution in [2.24, 2.45) is 11.7 Å². The molecule has 0 spiro atoms. The minimum absolute atomic E-state index is 0.0101. The average molecular weight is 542 g/mol. The minimum Gasteiger partial charge on any atom is -0.489 e. The molecule has 3 aromatic rings. The van der Waals surface area contributed by atoms with Gasteiger partial charge in [-0.3, -0.25) is 4.79 Å². The molecule has 0 atom stereocenters. The van der Waals surface area contributed by atoms with E-state index in [1.54, 1.807) is 18.2 Å². The minimum atomic E-state index is -3.00. The fourth-order valence-corrected chi connectivity index (χ4v) is 3.63. The Morgan fingerprint density at radius 2 is 1.94 bits per heavy atom. The van der Waals surface area contributed by atoms with Crippen LogP contribution in [0.25, 0.3) is 11.5 Å². The van der Waals surface area contributed by atoms with Crippen LogP contribution in [0.4, 0.5) is 8.78 Å². The maximum Gasteiger partial charge on any atom is 0.387 e. The van der Waals surface area contributed by atoms with E-state index in [4.69, 9.17) is 38.1 Å². The number of nitrogens with one attached hydrogen (secondary N) is 1. The summed E-state index contributed by atoms with van der Waals surface area (Å²) in [6.07, 6.45) is 2.06. The maximum atomic E-state index is 12.8. The van der Waals surface area contributed by atoms with Crippen LogP contribution in [0.3, 0.4) is 0 Å². The van der Waals surface area contributed by atoms with Crippen LogP contribution < -0.4 is 20.5 Å². The molecule has 0 unspecified atom stereocenters. The van der Waals surface area contributed by atoms with Gasteiger partial charge >= 0.3 is 6.61 Å². The van der Waals surface area contributed by atoms with Crippen molar-refractivity contribution in [2.45, 2.75) is 46.4 Å². The summed E-state index contributed by atoms with van der Waals surface area (Å²) in [7, 11) is 0. The molecule has 1 aliphatic carbocycles. The molecule has 1 aliphatic rings. The number of carbonyl (C=O) groups excluding carboxylic acids is 1. The second kappa shape index (κ2) is 12.9. The molecule has 11 heteroatoms. The van der Waals surface area contributed by atoms with Crippen LogP contribution in [0, 0.1) is 5.92 Å². The molecule has 1 fully saturated rings. The molecule has 0 bridgehead atoms. The molecule has 2 aromatic carbocycles. The van der Waals surface area contributed by atoms with Gasteiger partial charge in [-0.15, -0.1) is 0 Å². The maximum absolute atomic E-state index is 12.8. The van der Waals surface area contributed by atoms with Gasteiger partial charge in [-0.05, 0) is 54.7 Å². The van der Waals surface area contributed by atoms with Gasteiger partial charge in [0.1, 0.15) is 0 Å². The number of oxazole rings is 1. The fourth-order valence-electron chi connectivity index (χ4n) is 3.15. The molecule has 1 amide bonds. The van der Waals surface area contributed by atoms with E-state index in [9.17, 15) is 13.6 Å². The summed E-state index contributed by atoms with van der Waals surface area (Å²) in [5.74, 6) is 0.198. The predicted molar refractivity (Wildman–Crippen MR) is 134 cm³/mol. The van der Waals surface area contributed by atoms with Gasteiger partial charge in [0.2, 0.25) is 5.89 Å². The van der Waals surface area contributed by atoms with Crippen LogP contribution in [0.1, 0.15) is 48.5 Å². The molecule has 0 saturated heterocycles. The van der Waals surface area contributed by atoms with Gasteiger partial charge in [-0.2, -0.15) is 8.78 Å². The largest absolute Gasteiger partial charge is 0.489 e. The van der Waals surface area contributed by atoms with Crippen molar-refractivity contribution in [1.29, 1.82) is 0 Å². The topological polar surface area (TPSA) is 99.6 Å². The first-order valence-electron chi connectivity index (χ1n) is 11.5. The number of amides is 1. The number of hydrogen-bond donors (Lipinski definition) is 2. The molecule has 1 aromatic heterocycles. The number of rotatable bonds is 10. The monoisotopic (exact) mass is 541 g/mol. The van der Waals surface area contributed by atoms with E-state index < -0.39 is 12.5 Å². The standard InChI is InChI=1S/C23H21Cl2F2N3O4.C2H6/c24-15-5-3-14(16(25)8-15)10-29-21(31)20-19(9-28)33-22(30-20)13-4-6-17(34-23(26)27)18(7-13)32-11-12-1-2-12;1-2/h3-8,12,23H,1-2,9-11,28H2,(H,29,31);1-2H3. The Morgan fingerprint density at radius 1 is 1.19 bits per heavy atom. The number of nitrogens with two attached hydrogens (primary N) is 1. The summed E-state index contributed by atoms with van der Waals surface area (Å²) in [5, 5.41) is 3.62. The summed E-state index contributed by atoms with van der Waals surface area (Å²) in [6.45, 7) is 1.46. The third-order valence-corrected chi connectivity index (χ3v) is 5.72. The molecule has 194 valence electrons. The van der Waals surface area contributed by atoms with Crippen LogP contribution in [0.2, 0.25) is 10.0 Å². The van der Waals surface area contributed by atoms with E-state index in [1.165, 1.54) is 18.2 Å². The Labute approximate surface area is 217 Å². The zero-order chi connectivity index (χ0) is 26.2. The Morgan fingerprint density at radius 3 is 2.58 bits per heavy atom. The van der Waals surface area contributed by atoms with Crippen LogP contribution in [-0.2, 0) is 13.1 Å². The van der Waals surface area contributed by atoms with Crippen molar-refractivity contribution in [3.63, 3.8) is 0 Å². The molecule has 3 N–H and O–H groups in total. The van der Waals surface area contributed by atoms with Crippen LogP contribution in [0.15, 0.2) is 40.8 Å². The van der Waals surface area contributed by atoms with Crippen LogP contribution >= 0.6 is 23.2 Å². The molecule has 7 nitrogen and oxygen atoms in total. The third-order valence-electron chi connectivity index (χ3n) is 5.13. The smallest absolute Gasteiger partial charge is 0.387 e. The van der Waals surface area contributed by atoms with Crippen molar-refractivity contribution in [2.75, 3.05) is 6.61 Å². The van der Waals surface area contributed by atoms with Crippen molar-refractivity contribution in [3.8, 4) is 23.0 Å². The van der Waals surface area contributed by atoms with Crippen molar-refractivity contribution in [3.05, 3.63) is 63.5 Å². The van der Waals surface area contributed by atoms with Gasteiger partial charge in [0.15, 0.2) is 23.0 Å². The molecule has 0 radical (unpaired) electrons. The molecular weight excluding hydrogens is 515 g/mol. The number of carbonyl (C=O) groups is 1. The van der Waals surface area contributed by atoms with Gasteiger partial charge in [-0.25, -0.2) is 4.98 Å². The van der Waals surface area contributed by atoms with Crippen molar-refractivity contribution >= 4 is 29.1 Å². The van der Waals surface area contributed by atoms with Crippen molar-refractivity contribution in [1.82, 2.24) is 10.3 Å². The number of alkyl halides is 2. The third kappa shape index (κ3) is 7.32. The summed E-state index contributed by atoms with van der Waals surface area (Å²) in [4.78, 5) is 17.0. The van der Waals surface area contributed by atoms with Gasteiger partial charge in [0.25, 0.3) is 5.91 Å². The van der Waals surface area contributed by atoms with Crippen molar-refractivity contribution < 1.29 is 27.5 Å². The number of halogens is 4. The lowest BCUT2D eigenvalue weighted by molar-refractivity contribution is -0.0515. The number of aromatic nitrogens is 1. The predicted octanol–water partition coefficient (Wildman–Crippen LogP) is 6.45. The quantitative estimate of drug-likeness (QED) is 0.305. The normalized spacial score (nSPS) is 12.7. The van der Waals surface area contributed by atoms with Gasteiger partial charge < -0.3 is 24.9 Å². The highest BCUT2D eigenvalue weighted by Gasteiger charge is 2.24. The number of ether oxygens (including phenoxy) is 2. The first kappa shape index (κ1) is 27.7. The lowest BCUT2D eigenvalue weighted by Gasteiger charge is -2.12. The van der Waals surface area contributed by atoms with Gasteiger partial charge in [0.05, 0.1) is 13.2 Å². The Hall–Kier alpha value is -2.88. The Balaban J connectivity index is 0.00000176. The van der Waals surface area contributed by atoms with Gasteiger partial charge in [0, 0.05) is 22.2 Å². The molecular formula is C25H27Cl2F2N3O4. The summed E-state index contributed by atoms with van der Waals surface area (Å²) >= 11 is 12.0. The number of nitrogens with zero attached hydrogens (tertiary/aromatic N) is 1. The van der Waals surface area contributed by atoms with Crippen LogP contribution in [-0.4, -0.2) is 24.1 Å². The fraction of sp³-hybridized carbons (Fsp3) is 0.360. The first-order chi connectivity index (χ1) is 17.3. The average Bonchev–Trinajstić information content (AvgIpc) is 3.59. The highest BCUT2D eigenvalue weighted by atomic mass is 35.5. The second-order valence-electron chi connectivity index (χ2n) is 7.71.